The minimum atomic E-state index is 0.270. The van der Waals surface area contributed by atoms with Crippen molar-refractivity contribution in [3.63, 3.8) is 0 Å². The predicted octanol–water partition coefficient (Wildman–Crippen LogP) is 1.54. The minimum Gasteiger partial charge on any atom is -0.356 e. The Labute approximate surface area is 98.4 Å². The average molecular weight is 224 g/mol. The van der Waals surface area contributed by atoms with Crippen molar-refractivity contribution in [1.82, 2.24) is 10.6 Å². The molecule has 3 heteroatoms. The van der Waals surface area contributed by atoms with Gasteiger partial charge < -0.3 is 10.6 Å². The monoisotopic (exact) mass is 224 g/mol. The van der Waals surface area contributed by atoms with Crippen LogP contribution in [0.5, 0.6) is 0 Å². The van der Waals surface area contributed by atoms with E-state index in [1.165, 1.54) is 25.7 Å². The summed E-state index contributed by atoms with van der Waals surface area (Å²) in [4.78, 5) is 11.7. The molecule has 1 heterocycles. The zero-order chi connectivity index (χ0) is 11.4. The lowest BCUT2D eigenvalue weighted by molar-refractivity contribution is -0.122. The van der Waals surface area contributed by atoms with Crippen molar-refractivity contribution in [3.8, 4) is 0 Å². The highest BCUT2D eigenvalue weighted by Crippen LogP contribution is 2.30. The number of rotatable bonds is 4. The Hall–Kier alpha value is -0.570. The summed E-state index contributed by atoms with van der Waals surface area (Å²) in [7, 11) is 0. The van der Waals surface area contributed by atoms with Gasteiger partial charge in [-0.15, -0.1) is 0 Å². The van der Waals surface area contributed by atoms with E-state index in [0.717, 1.165) is 32.0 Å². The summed E-state index contributed by atoms with van der Waals surface area (Å²) in [6, 6.07) is 0. The Kier molecular flexibility index (Phi) is 4.22. The first-order valence-electron chi connectivity index (χ1n) is 6.71. The first-order valence-corrected chi connectivity index (χ1v) is 6.71. The van der Waals surface area contributed by atoms with Gasteiger partial charge in [0.2, 0.25) is 5.91 Å². The predicted molar refractivity (Wildman–Crippen MR) is 65.1 cm³/mol. The van der Waals surface area contributed by atoms with Crippen LogP contribution in [-0.2, 0) is 4.79 Å². The fraction of sp³-hybridized carbons (Fsp3) is 0.923. The van der Waals surface area contributed by atoms with Crippen LogP contribution in [0.1, 0.15) is 39.0 Å². The number of carbonyl (C=O) groups is 1. The summed E-state index contributed by atoms with van der Waals surface area (Å²) >= 11 is 0. The van der Waals surface area contributed by atoms with E-state index in [9.17, 15) is 4.79 Å². The highest BCUT2D eigenvalue weighted by atomic mass is 16.1. The zero-order valence-corrected chi connectivity index (χ0v) is 10.3. The van der Waals surface area contributed by atoms with Gasteiger partial charge in [-0.05, 0) is 24.7 Å². The molecule has 0 unspecified atom stereocenters. The smallest absolute Gasteiger partial charge is 0.220 e. The van der Waals surface area contributed by atoms with Crippen LogP contribution >= 0.6 is 0 Å². The van der Waals surface area contributed by atoms with Crippen molar-refractivity contribution in [2.45, 2.75) is 39.0 Å². The zero-order valence-electron chi connectivity index (χ0n) is 10.3. The highest BCUT2D eigenvalue weighted by Gasteiger charge is 2.22. The van der Waals surface area contributed by atoms with Gasteiger partial charge in [-0.2, -0.15) is 0 Å². The SMILES string of the molecule is CC1CCC(CC(=O)NCC2CNC2)CC1. The first kappa shape index (κ1) is 11.9. The van der Waals surface area contributed by atoms with Gasteiger partial charge in [-0.1, -0.05) is 19.8 Å². The second-order valence-corrected chi connectivity index (χ2v) is 5.66. The maximum atomic E-state index is 11.7. The molecule has 0 aromatic carbocycles. The molecule has 2 rings (SSSR count). The number of hydrogen-bond donors (Lipinski definition) is 2. The fourth-order valence-electron chi connectivity index (χ4n) is 2.62. The third-order valence-corrected chi connectivity index (χ3v) is 4.06. The maximum Gasteiger partial charge on any atom is 0.220 e. The van der Waals surface area contributed by atoms with Crippen molar-refractivity contribution in [1.29, 1.82) is 0 Å². The van der Waals surface area contributed by atoms with Crippen LogP contribution in [0.2, 0.25) is 0 Å². The Bertz CT molecular complexity index is 230. The van der Waals surface area contributed by atoms with Crippen LogP contribution in [0, 0.1) is 17.8 Å². The van der Waals surface area contributed by atoms with E-state index in [4.69, 9.17) is 0 Å². The number of amides is 1. The van der Waals surface area contributed by atoms with Crippen LogP contribution in [0.25, 0.3) is 0 Å². The second-order valence-electron chi connectivity index (χ2n) is 5.66. The van der Waals surface area contributed by atoms with Crippen molar-refractivity contribution < 1.29 is 4.79 Å². The summed E-state index contributed by atoms with van der Waals surface area (Å²) in [5.41, 5.74) is 0. The highest BCUT2D eigenvalue weighted by molar-refractivity contribution is 5.76. The Balaban J connectivity index is 1.58. The van der Waals surface area contributed by atoms with Crippen LogP contribution in [0.4, 0.5) is 0 Å². The number of nitrogens with one attached hydrogen (secondary N) is 2. The van der Waals surface area contributed by atoms with Gasteiger partial charge in [0, 0.05) is 32.0 Å². The molecule has 2 aliphatic rings. The molecule has 1 aliphatic carbocycles. The van der Waals surface area contributed by atoms with Gasteiger partial charge in [-0.3, -0.25) is 4.79 Å². The van der Waals surface area contributed by atoms with E-state index in [1.807, 2.05) is 0 Å². The Morgan fingerprint density at radius 2 is 1.88 bits per heavy atom. The molecule has 0 atom stereocenters. The molecular formula is C13H24N2O. The van der Waals surface area contributed by atoms with E-state index in [2.05, 4.69) is 17.6 Å². The summed E-state index contributed by atoms with van der Waals surface area (Å²) in [5.74, 6) is 2.47. The standard InChI is InChI=1S/C13H24N2O/c1-10-2-4-11(5-3-10)6-13(16)15-9-12-7-14-8-12/h10-12,14H,2-9H2,1H3,(H,15,16). The first-order chi connectivity index (χ1) is 7.74. The van der Waals surface area contributed by atoms with E-state index in [-0.39, 0.29) is 5.91 Å². The Morgan fingerprint density at radius 3 is 2.44 bits per heavy atom. The van der Waals surface area contributed by atoms with Crippen molar-refractivity contribution in [2.24, 2.45) is 17.8 Å². The quantitative estimate of drug-likeness (QED) is 0.760. The molecule has 3 nitrogen and oxygen atoms in total. The Morgan fingerprint density at radius 1 is 1.19 bits per heavy atom. The average Bonchev–Trinajstić information content (AvgIpc) is 2.19. The molecule has 0 aromatic heterocycles. The summed E-state index contributed by atoms with van der Waals surface area (Å²) in [6.45, 7) is 5.33. The summed E-state index contributed by atoms with van der Waals surface area (Å²) < 4.78 is 0. The largest absolute Gasteiger partial charge is 0.356 e. The molecule has 0 aromatic rings. The van der Waals surface area contributed by atoms with Gasteiger partial charge in [-0.25, -0.2) is 0 Å². The molecule has 0 bridgehead atoms. The summed E-state index contributed by atoms with van der Waals surface area (Å²) in [6.07, 6.45) is 5.88. The second kappa shape index (κ2) is 5.67. The van der Waals surface area contributed by atoms with E-state index >= 15 is 0 Å². The molecule has 0 spiro atoms. The van der Waals surface area contributed by atoms with Gasteiger partial charge in [0.25, 0.3) is 0 Å². The molecule has 1 saturated carbocycles. The lowest BCUT2D eigenvalue weighted by atomic mass is 9.81. The molecule has 0 radical (unpaired) electrons. The normalized spacial score (nSPS) is 30.8. The van der Waals surface area contributed by atoms with Crippen LogP contribution < -0.4 is 10.6 Å². The molecule has 2 N–H and O–H groups in total. The molecule has 92 valence electrons. The molecule has 1 amide bonds. The summed E-state index contributed by atoms with van der Waals surface area (Å²) in [5, 5.41) is 6.28. The van der Waals surface area contributed by atoms with Gasteiger partial charge in [0.15, 0.2) is 0 Å². The fourth-order valence-corrected chi connectivity index (χ4v) is 2.62. The lowest BCUT2D eigenvalue weighted by Gasteiger charge is -2.28. The maximum absolute atomic E-state index is 11.7. The minimum absolute atomic E-state index is 0.270. The van der Waals surface area contributed by atoms with Crippen molar-refractivity contribution in [3.05, 3.63) is 0 Å². The van der Waals surface area contributed by atoms with E-state index in [0.29, 0.717) is 11.8 Å². The number of carbonyl (C=O) groups excluding carboxylic acids is 1. The third kappa shape index (κ3) is 3.48. The van der Waals surface area contributed by atoms with Crippen LogP contribution in [0.3, 0.4) is 0 Å². The molecule has 1 saturated heterocycles. The molecule has 2 fully saturated rings. The topological polar surface area (TPSA) is 41.1 Å². The molecule has 16 heavy (non-hydrogen) atoms. The van der Waals surface area contributed by atoms with E-state index in [1.54, 1.807) is 0 Å². The number of hydrogen-bond acceptors (Lipinski definition) is 2. The van der Waals surface area contributed by atoms with Gasteiger partial charge in [0.05, 0.1) is 0 Å². The lowest BCUT2D eigenvalue weighted by Crippen LogP contribution is -2.48. The van der Waals surface area contributed by atoms with Crippen LogP contribution in [-0.4, -0.2) is 25.5 Å². The van der Waals surface area contributed by atoms with Crippen molar-refractivity contribution in [2.75, 3.05) is 19.6 Å². The van der Waals surface area contributed by atoms with Gasteiger partial charge >= 0.3 is 0 Å². The van der Waals surface area contributed by atoms with E-state index < -0.39 is 0 Å². The third-order valence-electron chi connectivity index (χ3n) is 4.06. The van der Waals surface area contributed by atoms with Crippen LogP contribution in [0.15, 0.2) is 0 Å². The molecular weight excluding hydrogens is 200 g/mol. The molecule has 1 aliphatic heterocycles. The van der Waals surface area contributed by atoms with Gasteiger partial charge in [0.1, 0.15) is 0 Å². The van der Waals surface area contributed by atoms with Crippen molar-refractivity contribution >= 4 is 5.91 Å².